The number of amidine groups is 1. The first-order valence-electron chi connectivity index (χ1n) is 9.37. The van der Waals surface area contributed by atoms with Gasteiger partial charge in [-0.05, 0) is 47.5 Å². The Morgan fingerprint density at radius 2 is 1.80 bits per heavy atom. The monoisotopic (exact) mass is 404 g/mol. The van der Waals surface area contributed by atoms with Crippen molar-refractivity contribution in [2.75, 3.05) is 12.4 Å². The maximum absolute atomic E-state index is 13.0. The molecule has 1 atom stereocenters. The fourth-order valence-corrected chi connectivity index (χ4v) is 2.99. The van der Waals surface area contributed by atoms with Crippen molar-refractivity contribution in [2.45, 2.75) is 12.6 Å². The lowest BCUT2D eigenvalue weighted by molar-refractivity contribution is -0.122. The summed E-state index contributed by atoms with van der Waals surface area (Å²) in [6, 6.07) is 20.6. The minimum absolute atomic E-state index is 0.0289. The summed E-state index contributed by atoms with van der Waals surface area (Å²) in [7, 11) is 1.47. The van der Waals surface area contributed by atoms with Gasteiger partial charge in [-0.2, -0.15) is 0 Å². The zero-order chi connectivity index (χ0) is 21.5. The van der Waals surface area contributed by atoms with E-state index in [0.29, 0.717) is 29.1 Å². The molecule has 0 aliphatic heterocycles. The predicted molar refractivity (Wildman–Crippen MR) is 117 cm³/mol. The van der Waals surface area contributed by atoms with Crippen molar-refractivity contribution >= 4 is 17.4 Å². The van der Waals surface area contributed by atoms with E-state index >= 15 is 0 Å². The molecule has 0 fully saturated rings. The molecule has 3 aromatic carbocycles. The molecule has 6 N–H and O–H groups in total. The number of anilines is 1. The maximum atomic E-state index is 13.0. The summed E-state index contributed by atoms with van der Waals surface area (Å²) in [4.78, 5) is 13.0. The Bertz CT molecular complexity index is 1020. The highest BCUT2D eigenvalue weighted by molar-refractivity contribution is 5.95. The molecule has 0 aromatic heterocycles. The number of nitrogens with two attached hydrogens (primary N) is 1. The van der Waals surface area contributed by atoms with Crippen LogP contribution < -0.4 is 21.1 Å². The first kappa shape index (κ1) is 20.7. The summed E-state index contributed by atoms with van der Waals surface area (Å²) in [5.74, 6) is -0.00422. The summed E-state index contributed by atoms with van der Waals surface area (Å²) >= 11 is 0. The Balaban J connectivity index is 1.84. The van der Waals surface area contributed by atoms with Gasteiger partial charge in [0, 0.05) is 17.8 Å². The van der Waals surface area contributed by atoms with E-state index in [1.54, 1.807) is 36.4 Å². The number of benzene rings is 3. The Hall–Kier alpha value is -4.00. The zero-order valence-electron chi connectivity index (χ0n) is 16.6. The van der Waals surface area contributed by atoms with Crippen LogP contribution in [0.4, 0.5) is 5.69 Å². The van der Waals surface area contributed by atoms with Crippen LogP contribution in [-0.2, 0) is 11.3 Å². The van der Waals surface area contributed by atoms with E-state index in [0.717, 1.165) is 5.56 Å². The van der Waals surface area contributed by atoms with E-state index in [2.05, 4.69) is 10.6 Å². The number of rotatable bonds is 8. The van der Waals surface area contributed by atoms with Gasteiger partial charge in [-0.15, -0.1) is 0 Å². The molecular weight excluding hydrogens is 380 g/mol. The second-order valence-corrected chi connectivity index (χ2v) is 6.70. The Kier molecular flexibility index (Phi) is 6.54. The second kappa shape index (κ2) is 9.47. The van der Waals surface area contributed by atoms with Gasteiger partial charge in [0.25, 0.3) is 0 Å². The number of phenolic OH excluding ortho intramolecular Hbond substituents is 1. The summed E-state index contributed by atoms with van der Waals surface area (Å²) in [5, 5.41) is 23.8. The van der Waals surface area contributed by atoms with Gasteiger partial charge in [0.1, 0.15) is 11.9 Å². The first-order chi connectivity index (χ1) is 14.5. The Labute approximate surface area is 175 Å². The maximum Gasteiger partial charge on any atom is 0.247 e. The van der Waals surface area contributed by atoms with Crippen LogP contribution in [0.15, 0.2) is 72.8 Å². The van der Waals surface area contributed by atoms with Crippen LogP contribution in [0.1, 0.15) is 22.7 Å². The summed E-state index contributed by atoms with van der Waals surface area (Å²) < 4.78 is 5.10. The highest BCUT2D eigenvalue weighted by Crippen LogP contribution is 2.30. The van der Waals surface area contributed by atoms with Crippen LogP contribution >= 0.6 is 0 Å². The molecule has 0 saturated carbocycles. The van der Waals surface area contributed by atoms with Gasteiger partial charge in [0.2, 0.25) is 5.91 Å². The molecule has 1 amide bonds. The number of hydrogen-bond donors (Lipinski definition) is 5. The van der Waals surface area contributed by atoms with Crippen LogP contribution in [-0.4, -0.2) is 24.0 Å². The zero-order valence-corrected chi connectivity index (χ0v) is 16.6. The highest BCUT2D eigenvalue weighted by Gasteiger charge is 2.22. The van der Waals surface area contributed by atoms with Gasteiger partial charge < -0.3 is 26.2 Å². The molecule has 3 rings (SSSR count). The van der Waals surface area contributed by atoms with Crippen LogP contribution in [0.3, 0.4) is 0 Å². The molecule has 0 spiro atoms. The standard InChI is InChI=1S/C23H24N4O3/c1-30-20-12-9-17(13-19(20)28)21(23(29)26-14-15-5-3-2-4-6-15)27-18-10-7-16(8-11-18)22(24)25/h2-13,21,27-28H,14H2,1H3,(H3,24,25)(H,26,29)/t21-/m1/s1. The lowest BCUT2D eigenvalue weighted by Gasteiger charge is -2.21. The SMILES string of the molecule is COc1ccc([C@@H](Nc2ccc(C(=N)N)cc2)C(=O)NCc2ccccc2)cc1O. The van der Waals surface area contributed by atoms with Crippen LogP contribution in [0.5, 0.6) is 11.5 Å². The Morgan fingerprint density at radius 3 is 2.40 bits per heavy atom. The number of hydrogen-bond acceptors (Lipinski definition) is 5. The number of phenols is 1. The minimum Gasteiger partial charge on any atom is -0.504 e. The second-order valence-electron chi connectivity index (χ2n) is 6.70. The number of carbonyl (C=O) groups is 1. The van der Waals surface area contributed by atoms with E-state index in [9.17, 15) is 9.90 Å². The average molecular weight is 404 g/mol. The lowest BCUT2D eigenvalue weighted by Crippen LogP contribution is -2.33. The molecule has 0 heterocycles. The molecule has 0 aliphatic rings. The quantitative estimate of drug-likeness (QED) is 0.292. The van der Waals surface area contributed by atoms with Gasteiger partial charge >= 0.3 is 0 Å². The van der Waals surface area contributed by atoms with Crippen molar-refractivity contribution in [1.82, 2.24) is 5.32 Å². The lowest BCUT2D eigenvalue weighted by atomic mass is 10.0. The smallest absolute Gasteiger partial charge is 0.247 e. The third kappa shape index (κ3) is 5.08. The van der Waals surface area contributed by atoms with E-state index < -0.39 is 6.04 Å². The fourth-order valence-electron chi connectivity index (χ4n) is 2.99. The van der Waals surface area contributed by atoms with Crippen molar-refractivity contribution < 1.29 is 14.6 Å². The number of nitrogen functional groups attached to an aromatic ring is 1. The topological polar surface area (TPSA) is 120 Å². The van der Waals surface area contributed by atoms with E-state index in [1.807, 2.05) is 30.3 Å². The molecule has 0 aliphatic carbocycles. The van der Waals surface area contributed by atoms with E-state index in [1.165, 1.54) is 13.2 Å². The van der Waals surface area contributed by atoms with Crippen LogP contribution in [0.25, 0.3) is 0 Å². The van der Waals surface area contributed by atoms with E-state index in [-0.39, 0.29) is 17.5 Å². The van der Waals surface area contributed by atoms with Crippen LogP contribution in [0, 0.1) is 5.41 Å². The molecule has 3 aromatic rings. The summed E-state index contributed by atoms with van der Waals surface area (Å²) in [5.41, 5.74) is 8.33. The Morgan fingerprint density at radius 1 is 1.10 bits per heavy atom. The largest absolute Gasteiger partial charge is 0.504 e. The number of methoxy groups -OCH3 is 1. The van der Waals surface area contributed by atoms with Crippen molar-refractivity contribution in [2.24, 2.45) is 5.73 Å². The molecule has 30 heavy (non-hydrogen) atoms. The summed E-state index contributed by atoms with van der Waals surface area (Å²) in [6.07, 6.45) is 0. The third-order valence-electron chi connectivity index (χ3n) is 4.61. The first-order valence-corrected chi connectivity index (χ1v) is 9.37. The predicted octanol–water partition coefficient (Wildman–Crippen LogP) is 3.15. The molecule has 0 bridgehead atoms. The number of ether oxygens (including phenoxy) is 1. The van der Waals surface area contributed by atoms with Gasteiger partial charge in [-0.1, -0.05) is 36.4 Å². The average Bonchev–Trinajstić information content (AvgIpc) is 2.76. The summed E-state index contributed by atoms with van der Waals surface area (Å²) in [6.45, 7) is 0.378. The van der Waals surface area contributed by atoms with Gasteiger partial charge in [-0.25, -0.2) is 0 Å². The molecule has 0 saturated heterocycles. The highest BCUT2D eigenvalue weighted by atomic mass is 16.5. The molecule has 0 unspecified atom stereocenters. The molecule has 0 radical (unpaired) electrons. The molecule has 154 valence electrons. The third-order valence-corrected chi connectivity index (χ3v) is 4.61. The van der Waals surface area contributed by atoms with Crippen molar-refractivity contribution in [3.63, 3.8) is 0 Å². The van der Waals surface area contributed by atoms with Crippen LogP contribution in [0.2, 0.25) is 0 Å². The minimum atomic E-state index is -0.756. The van der Waals surface area contributed by atoms with Gasteiger partial charge in [-0.3, -0.25) is 10.2 Å². The number of aromatic hydroxyl groups is 1. The van der Waals surface area contributed by atoms with E-state index in [4.69, 9.17) is 15.9 Å². The van der Waals surface area contributed by atoms with Crippen molar-refractivity contribution in [3.8, 4) is 11.5 Å². The molecule has 7 heteroatoms. The van der Waals surface area contributed by atoms with Gasteiger partial charge in [0.05, 0.1) is 7.11 Å². The number of nitrogens with one attached hydrogen (secondary N) is 3. The number of carbonyl (C=O) groups excluding carboxylic acids is 1. The normalized spacial score (nSPS) is 11.4. The van der Waals surface area contributed by atoms with Gasteiger partial charge in [0.15, 0.2) is 11.5 Å². The van der Waals surface area contributed by atoms with Crippen molar-refractivity contribution in [3.05, 3.63) is 89.5 Å². The number of amides is 1. The molecular formula is C23H24N4O3. The van der Waals surface area contributed by atoms with Crippen molar-refractivity contribution in [1.29, 1.82) is 5.41 Å². The fraction of sp³-hybridized carbons (Fsp3) is 0.130. The molecule has 7 nitrogen and oxygen atoms in total.